The highest BCUT2D eigenvalue weighted by atomic mass is 79.9. The molecule has 0 aliphatic rings. The van der Waals surface area contributed by atoms with Crippen molar-refractivity contribution in [2.75, 3.05) is 0 Å². The average Bonchev–Trinajstić information content (AvgIpc) is 1.58. The molecule has 0 spiro atoms. The predicted molar refractivity (Wildman–Crippen MR) is 44.9 cm³/mol. The van der Waals surface area contributed by atoms with Crippen molar-refractivity contribution in [1.82, 2.24) is 5.32 Å². The summed E-state index contributed by atoms with van der Waals surface area (Å²) in [7, 11) is 0. The molecule has 4 heteroatoms. The van der Waals surface area contributed by atoms with Gasteiger partial charge in [0.25, 0.3) is 6.09 Å². The van der Waals surface area contributed by atoms with Crippen molar-refractivity contribution in [1.29, 1.82) is 0 Å². The Hall–Kier alpha value is -0.380. The third kappa shape index (κ3) is 5.75. The Bertz CT molecular complexity index is 154. The van der Waals surface area contributed by atoms with Gasteiger partial charge >= 0.3 is 0 Å². The topological polar surface area (TPSA) is 24.4 Å². The molecule has 0 saturated heterocycles. The fourth-order valence-electron chi connectivity index (χ4n) is 0.371. The Morgan fingerprint density at radius 3 is 2.50 bits per heavy atom. The van der Waals surface area contributed by atoms with Crippen LogP contribution < -0.4 is 5.32 Å². The van der Waals surface area contributed by atoms with E-state index >= 15 is 0 Å². The van der Waals surface area contributed by atoms with Crippen LogP contribution >= 0.6 is 15.9 Å². The Balaban J connectivity index is 3.82. The van der Waals surface area contributed by atoms with Gasteiger partial charge in [0.2, 0.25) is 0 Å². The van der Waals surface area contributed by atoms with E-state index in [-0.39, 0.29) is 6.04 Å². The van der Waals surface area contributed by atoms with Gasteiger partial charge in [-0.1, -0.05) is 6.58 Å². The molecular weight excluding hydrogens is 199 g/mol. The number of rotatable bonds is 2. The van der Waals surface area contributed by atoms with Crippen LogP contribution in [-0.4, -0.2) is 12.1 Å². The summed E-state index contributed by atoms with van der Waals surface area (Å²) in [6.45, 7) is 6.97. The lowest BCUT2D eigenvalue weighted by Gasteiger charge is -1.99. The summed E-state index contributed by atoms with van der Waals surface area (Å²) in [5.74, 6) is 0. The van der Waals surface area contributed by atoms with E-state index in [1.165, 1.54) is 0 Å². The first-order chi connectivity index (χ1) is 4.52. The van der Waals surface area contributed by atoms with E-state index in [0.29, 0.717) is 4.61 Å². The minimum atomic E-state index is -0.614. The Morgan fingerprint density at radius 1 is 1.70 bits per heavy atom. The number of aliphatic imine (C=N–C) groups is 1. The third-order valence-electron chi connectivity index (χ3n) is 0.610. The van der Waals surface area contributed by atoms with Crippen molar-refractivity contribution in [2.24, 2.45) is 4.99 Å². The Labute approximate surface area is 68.4 Å². The van der Waals surface area contributed by atoms with Crippen molar-refractivity contribution in [3.8, 4) is 0 Å². The van der Waals surface area contributed by atoms with Crippen LogP contribution in [0.2, 0.25) is 0 Å². The SMILES string of the molecule is C=C(Br)N/C(F)=N\C(C)C. The first-order valence-electron chi connectivity index (χ1n) is 2.87. The molecule has 0 aliphatic carbocycles. The summed E-state index contributed by atoms with van der Waals surface area (Å²) in [5, 5.41) is 2.28. The number of hydrogen-bond acceptors (Lipinski definition) is 1. The van der Waals surface area contributed by atoms with Gasteiger partial charge in [-0.2, -0.15) is 4.39 Å². The van der Waals surface area contributed by atoms with Gasteiger partial charge in [-0.3, -0.25) is 0 Å². The fourth-order valence-corrected chi connectivity index (χ4v) is 0.534. The van der Waals surface area contributed by atoms with Crippen LogP contribution in [0.4, 0.5) is 4.39 Å². The zero-order chi connectivity index (χ0) is 8.15. The highest BCUT2D eigenvalue weighted by Gasteiger charge is 1.96. The van der Waals surface area contributed by atoms with Gasteiger partial charge in [0.1, 0.15) is 0 Å². The molecule has 58 valence electrons. The van der Waals surface area contributed by atoms with Gasteiger partial charge in [-0.25, -0.2) is 4.99 Å². The van der Waals surface area contributed by atoms with Crippen LogP contribution in [0, 0.1) is 0 Å². The van der Waals surface area contributed by atoms with Crippen molar-refractivity contribution in [2.45, 2.75) is 19.9 Å². The molecule has 0 heterocycles. The molecule has 0 saturated carbocycles. The van der Waals surface area contributed by atoms with Gasteiger partial charge in [0.05, 0.1) is 4.61 Å². The van der Waals surface area contributed by atoms with Crippen molar-refractivity contribution in [3.05, 3.63) is 11.2 Å². The summed E-state index contributed by atoms with van der Waals surface area (Å²) >= 11 is 2.94. The van der Waals surface area contributed by atoms with Crippen molar-refractivity contribution >= 4 is 22.0 Å². The highest BCUT2D eigenvalue weighted by molar-refractivity contribution is 9.11. The maximum absolute atomic E-state index is 12.5. The molecule has 0 aliphatic heterocycles. The smallest absolute Gasteiger partial charge is 0.282 e. The van der Waals surface area contributed by atoms with Gasteiger partial charge in [0.15, 0.2) is 0 Å². The molecule has 0 radical (unpaired) electrons. The lowest BCUT2D eigenvalue weighted by atomic mass is 10.4. The lowest BCUT2D eigenvalue weighted by molar-refractivity contribution is 0.714. The number of hydrogen-bond donors (Lipinski definition) is 1. The molecule has 10 heavy (non-hydrogen) atoms. The maximum Gasteiger partial charge on any atom is 0.282 e. The summed E-state index contributed by atoms with van der Waals surface area (Å²) in [4.78, 5) is 3.57. The molecule has 1 N–H and O–H groups in total. The second-order valence-electron chi connectivity index (χ2n) is 2.04. The number of amidine groups is 1. The highest BCUT2D eigenvalue weighted by Crippen LogP contribution is 1.96. The van der Waals surface area contributed by atoms with E-state index in [1.807, 2.05) is 0 Å². The van der Waals surface area contributed by atoms with Crippen LogP contribution in [0.25, 0.3) is 0 Å². The summed E-state index contributed by atoms with van der Waals surface area (Å²) in [5.41, 5.74) is 0. The van der Waals surface area contributed by atoms with Gasteiger partial charge < -0.3 is 5.32 Å². The monoisotopic (exact) mass is 208 g/mol. The van der Waals surface area contributed by atoms with E-state index in [4.69, 9.17) is 0 Å². The average molecular weight is 209 g/mol. The van der Waals surface area contributed by atoms with E-state index in [0.717, 1.165) is 0 Å². The molecule has 0 aromatic heterocycles. The molecule has 0 fully saturated rings. The van der Waals surface area contributed by atoms with E-state index < -0.39 is 6.09 Å². The molecule has 0 amide bonds. The Morgan fingerprint density at radius 2 is 2.20 bits per heavy atom. The molecule has 0 rings (SSSR count). The first-order valence-corrected chi connectivity index (χ1v) is 3.66. The second kappa shape index (κ2) is 4.44. The van der Waals surface area contributed by atoms with Crippen LogP contribution in [-0.2, 0) is 0 Å². The van der Waals surface area contributed by atoms with Crippen molar-refractivity contribution < 1.29 is 4.39 Å². The number of halogens is 2. The van der Waals surface area contributed by atoms with Gasteiger partial charge in [-0.05, 0) is 29.8 Å². The van der Waals surface area contributed by atoms with E-state index in [2.05, 4.69) is 32.8 Å². The predicted octanol–water partition coefficient (Wildman–Crippen LogP) is 2.18. The molecule has 0 unspecified atom stereocenters. The third-order valence-corrected chi connectivity index (χ3v) is 0.809. The summed E-state index contributed by atoms with van der Waals surface area (Å²) < 4.78 is 12.8. The van der Waals surface area contributed by atoms with Crippen molar-refractivity contribution in [3.63, 3.8) is 0 Å². The molecule has 0 bridgehead atoms. The van der Waals surface area contributed by atoms with E-state index in [1.54, 1.807) is 13.8 Å². The molecule has 0 aromatic carbocycles. The number of nitrogens with one attached hydrogen (secondary N) is 1. The second-order valence-corrected chi connectivity index (χ2v) is 3.00. The summed E-state index contributed by atoms with van der Waals surface area (Å²) in [6.07, 6.45) is -0.614. The largest absolute Gasteiger partial charge is 0.311 e. The maximum atomic E-state index is 12.5. The fraction of sp³-hybridized carbons (Fsp3) is 0.500. The van der Waals surface area contributed by atoms with Crippen LogP contribution in [0.15, 0.2) is 16.2 Å². The lowest BCUT2D eigenvalue weighted by Crippen LogP contribution is -2.16. The van der Waals surface area contributed by atoms with Gasteiger partial charge in [0, 0.05) is 6.04 Å². The first kappa shape index (κ1) is 9.62. The normalized spacial score (nSPS) is 11.9. The minimum absolute atomic E-state index is 0.0423. The standard InChI is InChI=1S/C6H10BrFN2/c1-4(2)9-6(8)10-5(3)7/h4H,3H2,1-2H3,(H,9,10). The van der Waals surface area contributed by atoms with Crippen LogP contribution in [0.1, 0.15) is 13.8 Å². The molecule has 2 nitrogen and oxygen atoms in total. The van der Waals surface area contributed by atoms with Crippen LogP contribution in [0.3, 0.4) is 0 Å². The number of nitrogens with zero attached hydrogens (tertiary/aromatic N) is 1. The van der Waals surface area contributed by atoms with E-state index in [9.17, 15) is 4.39 Å². The quantitative estimate of drug-likeness (QED) is 0.420. The van der Waals surface area contributed by atoms with Gasteiger partial charge in [-0.15, -0.1) is 0 Å². The Kier molecular flexibility index (Phi) is 4.27. The molecule has 0 atom stereocenters. The zero-order valence-corrected chi connectivity index (χ0v) is 7.57. The molecular formula is C6H10BrFN2. The van der Waals surface area contributed by atoms with Crippen LogP contribution in [0.5, 0.6) is 0 Å². The molecule has 0 aromatic rings. The zero-order valence-electron chi connectivity index (χ0n) is 5.99. The summed E-state index contributed by atoms with van der Waals surface area (Å²) in [6, 6.07) is -0.0423. The minimum Gasteiger partial charge on any atom is -0.311 e.